The van der Waals surface area contributed by atoms with Crippen molar-refractivity contribution in [2.75, 3.05) is 18.6 Å². The van der Waals surface area contributed by atoms with Crippen molar-refractivity contribution in [3.8, 4) is 5.75 Å². The van der Waals surface area contributed by atoms with Crippen LogP contribution < -0.4 is 9.64 Å². The molecule has 0 N–H and O–H groups in total. The van der Waals surface area contributed by atoms with Crippen LogP contribution in [0.4, 0.5) is 11.4 Å². The van der Waals surface area contributed by atoms with Gasteiger partial charge in [-0.25, -0.2) is 0 Å². The maximum absolute atomic E-state index is 5.28. The third-order valence-electron chi connectivity index (χ3n) is 4.87. The minimum Gasteiger partial charge on any atom is -0.497 e. The lowest BCUT2D eigenvalue weighted by molar-refractivity contribution is 0.415. The Bertz CT molecular complexity index is 897. The first kappa shape index (κ1) is 16.5. The maximum atomic E-state index is 5.28. The molecule has 2 heteroatoms. The number of fused-ring (bicyclic) bond motifs is 1. The normalized spacial score (nSPS) is 13.7. The summed E-state index contributed by atoms with van der Waals surface area (Å²) in [6, 6.07) is 25.5. The third kappa shape index (κ3) is 3.50. The average molecular weight is 341 g/mol. The van der Waals surface area contributed by atoms with Crippen LogP contribution in [0.5, 0.6) is 5.75 Å². The van der Waals surface area contributed by atoms with Gasteiger partial charge in [0, 0.05) is 17.9 Å². The van der Waals surface area contributed by atoms with E-state index < -0.39 is 0 Å². The first-order chi connectivity index (χ1) is 12.8. The van der Waals surface area contributed by atoms with Gasteiger partial charge in [0.15, 0.2) is 0 Å². The highest BCUT2D eigenvalue weighted by Crippen LogP contribution is 2.35. The Balaban J connectivity index is 1.60. The van der Waals surface area contributed by atoms with Crippen LogP contribution >= 0.6 is 0 Å². The fraction of sp³-hybridized carbons (Fsp3) is 0.167. The molecule has 130 valence electrons. The molecule has 0 aromatic heterocycles. The second kappa shape index (κ2) is 7.49. The molecule has 0 fully saturated rings. The lowest BCUT2D eigenvalue weighted by Crippen LogP contribution is -2.24. The van der Waals surface area contributed by atoms with Crippen LogP contribution in [0.15, 0.2) is 72.8 Å². The van der Waals surface area contributed by atoms with Gasteiger partial charge in [0.25, 0.3) is 0 Å². The number of nitrogens with zero attached hydrogens (tertiary/aromatic N) is 1. The van der Waals surface area contributed by atoms with E-state index in [9.17, 15) is 0 Å². The molecule has 3 aromatic rings. The Hall–Kier alpha value is -3.00. The number of aryl methyl sites for hydroxylation is 1. The zero-order valence-electron chi connectivity index (χ0n) is 15.1. The van der Waals surface area contributed by atoms with Crippen LogP contribution in [0.1, 0.15) is 23.1 Å². The summed E-state index contributed by atoms with van der Waals surface area (Å²) in [5, 5.41) is 0. The molecule has 1 aliphatic heterocycles. The van der Waals surface area contributed by atoms with Gasteiger partial charge in [0.05, 0.1) is 7.11 Å². The van der Waals surface area contributed by atoms with E-state index in [2.05, 4.69) is 71.6 Å². The summed E-state index contributed by atoms with van der Waals surface area (Å²) in [5.41, 5.74) is 6.44. The largest absolute Gasteiger partial charge is 0.497 e. The van der Waals surface area contributed by atoms with Crippen molar-refractivity contribution < 1.29 is 4.74 Å². The molecule has 0 saturated heterocycles. The van der Waals surface area contributed by atoms with Crippen molar-refractivity contribution >= 4 is 23.5 Å². The molecule has 0 saturated carbocycles. The Morgan fingerprint density at radius 2 is 1.62 bits per heavy atom. The second-order valence-corrected chi connectivity index (χ2v) is 6.59. The van der Waals surface area contributed by atoms with Crippen molar-refractivity contribution in [3.63, 3.8) is 0 Å². The third-order valence-corrected chi connectivity index (χ3v) is 4.87. The van der Waals surface area contributed by atoms with Crippen LogP contribution in [-0.2, 0) is 6.42 Å². The Morgan fingerprint density at radius 3 is 2.38 bits per heavy atom. The van der Waals surface area contributed by atoms with Gasteiger partial charge in [-0.1, -0.05) is 48.6 Å². The number of hydrogen-bond acceptors (Lipinski definition) is 2. The second-order valence-electron chi connectivity index (χ2n) is 6.59. The molecule has 1 heterocycles. The molecule has 1 aliphatic rings. The Morgan fingerprint density at radius 1 is 0.846 bits per heavy atom. The minimum absolute atomic E-state index is 0.896. The highest BCUT2D eigenvalue weighted by Gasteiger charge is 2.18. The molecule has 3 aromatic carbocycles. The highest BCUT2D eigenvalue weighted by molar-refractivity contribution is 5.74. The minimum atomic E-state index is 0.896. The molecule has 0 aliphatic carbocycles. The molecule has 0 amide bonds. The number of ether oxygens (including phenoxy) is 1. The van der Waals surface area contributed by atoms with E-state index in [0.29, 0.717) is 0 Å². The van der Waals surface area contributed by atoms with E-state index in [1.807, 2.05) is 18.2 Å². The van der Waals surface area contributed by atoms with Crippen molar-refractivity contribution in [2.45, 2.75) is 12.8 Å². The fourth-order valence-corrected chi connectivity index (χ4v) is 3.51. The summed E-state index contributed by atoms with van der Waals surface area (Å²) in [5.74, 6) is 0.896. The summed E-state index contributed by atoms with van der Waals surface area (Å²) in [6.45, 7) is 1.05. The molecule has 26 heavy (non-hydrogen) atoms. The van der Waals surface area contributed by atoms with Crippen LogP contribution in [-0.4, -0.2) is 13.7 Å². The predicted molar refractivity (Wildman–Crippen MR) is 110 cm³/mol. The maximum Gasteiger partial charge on any atom is 0.119 e. The van der Waals surface area contributed by atoms with Crippen LogP contribution in [0.3, 0.4) is 0 Å². The summed E-state index contributed by atoms with van der Waals surface area (Å²) >= 11 is 0. The van der Waals surface area contributed by atoms with Crippen molar-refractivity contribution in [1.29, 1.82) is 0 Å². The Kier molecular flexibility index (Phi) is 4.74. The van der Waals surface area contributed by atoms with E-state index in [0.717, 1.165) is 18.7 Å². The molecule has 0 bridgehead atoms. The molecule has 2 nitrogen and oxygen atoms in total. The summed E-state index contributed by atoms with van der Waals surface area (Å²) < 4.78 is 5.28. The SMILES string of the molecule is COc1ccc(N2CCCc3cc(C=Cc4ccccc4)ccc32)cc1. The zero-order valence-corrected chi connectivity index (χ0v) is 15.1. The smallest absolute Gasteiger partial charge is 0.119 e. The molecular weight excluding hydrogens is 318 g/mol. The molecule has 0 radical (unpaired) electrons. The summed E-state index contributed by atoms with van der Waals surface area (Å²) in [7, 11) is 1.70. The van der Waals surface area contributed by atoms with Crippen LogP contribution in [0, 0.1) is 0 Å². The molecule has 0 spiro atoms. The first-order valence-corrected chi connectivity index (χ1v) is 9.11. The molecule has 0 atom stereocenters. The summed E-state index contributed by atoms with van der Waals surface area (Å²) in [4.78, 5) is 2.41. The molecular formula is C24H23NO. The Labute approximate surface area is 155 Å². The van der Waals surface area contributed by atoms with Gasteiger partial charge in [-0.3, -0.25) is 0 Å². The van der Waals surface area contributed by atoms with Crippen LogP contribution in [0.25, 0.3) is 12.2 Å². The van der Waals surface area contributed by atoms with Gasteiger partial charge in [0.1, 0.15) is 5.75 Å². The van der Waals surface area contributed by atoms with E-state index in [1.54, 1.807) is 7.11 Å². The average Bonchev–Trinajstić information content (AvgIpc) is 2.72. The lowest BCUT2D eigenvalue weighted by atomic mass is 9.98. The number of hydrogen-bond donors (Lipinski definition) is 0. The number of rotatable bonds is 4. The van der Waals surface area contributed by atoms with Gasteiger partial charge in [-0.05, 0) is 65.9 Å². The standard InChI is InChI=1S/C24H23NO/c1-26-23-14-12-22(13-15-23)25-17-5-8-21-18-20(11-16-24(21)25)10-9-19-6-3-2-4-7-19/h2-4,6-7,9-16,18H,5,8,17H2,1H3. The molecule has 4 rings (SSSR count). The van der Waals surface area contributed by atoms with Gasteiger partial charge in [-0.2, -0.15) is 0 Å². The van der Waals surface area contributed by atoms with Crippen molar-refractivity contribution in [2.24, 2.45) is 0 Å². The first-order valence-electron chi connectivity index (χ1n) is 9.11. The summed E-state index contributed by atoms with van der Waals surface area (Å²) in [6.07, 6.45) is 6.67. The van der Waals surface area contributed by atoms with E-state index in [-0.39, 0.29) is 0 Å². The van der Waals surface area contributed by atoms with Gasteiger partial charge < -0.3 is 9.64 Å². The van der Waals surface area contributed by atoms with Gasteiger partial charge in [-0.15, -0.1) is 0 Å². The van der Waals surface area contributed by atoms with Crippen molar-refractivity contribution in [1.82, 2.24) is 0 Å². The van der Waals surface area contributed by atoms with E-state index in [4.69, 9.17) is 4.74 Å². The number of benzene rings is 3. The quantitative estimate of drug-likeness (QED) is 0.544. The van der Waals surface area contributed by atoms with Crippen LogP contribution in [0.2, 0.25) is 0 Å². The predicted octanol–water partition coefficient (Wildman–Crippen LogP) is 5.95. The zero-order chi connectivity index (χ0) is 17.8. The van der Waals surface area contributed by atoms with Gasteiger partial charge >= 0.3 is 0 Å². The highest BCUT2D eigenvalue weighted by atomic mass is 16.5. The topological polar surface area (TPSA) is 12.5 Å². The molecule has 0 unspecified atom stereocenters. The van der Waals surface area contributed by atoms with E-state index >= 15 is 0 Å². The van der Waals surface area contributed by atoms with E-state index in [1.165, 1.54) is 34.5 Å². The van der Waals surface area contributed by atoms with Gasteiger partial charge in [0.2, 0.25) is 0 Å². The number of anilines is 2. The van der Waals surface area contributed by atoms with Crippen molar-refractivity contribution in [3.05, 3.63) is 89.5 Å². The number of methoxy groups -OCH3 is 1. The fourth-order valence-electron chi connectivity index (χ4n) is 3.51. The lowest BCUT2D eigenvalue weighted by Gasteiger charge is -2.31. The monoisotopic (exact) mass is 341 g/mol.